The van der Waals surface area contributed by atoms with Gasteiger partial charge in [-0.15, -0.1) is 11.8 Å². The van der Waals surface area contributed by atoms with Crippen LogP contribution in [-0.2, 0) is 16.0 Å². The van der Waals surface area contributed by atoms with E-state index in [0.717, 1.165) is 0 Å². The van der Waals surface area contributed by atoms with E-state index >= 15 is 0 Å². The van der Waals surface area contributed by atoms with Gasteiger partial charge in [0.1, 0.15) is 11.9 Å². The normalized spacial score (nSPS) is 18.7. The highest BCUT2D eigenvalue weighted by Crippen LogP contribution is 2.24. The molecular formula is C21H22FN3O3S. The number of thioether (sulfide) groups is 1. The summed E-state index contributed by atoms with van der Waals surface area (Å²) >= 11 is 1.34. The van der Waals surface area contributed by atoms with Gasteiger partial charge in [0, 0.05) is 31.1 Å². The van der Waals surface area contributed by atoms with Crippen molar-refractivity contribution in [3.63, 3.8) is 0 Å². The molecule has 0 saturated carbocycles. The van der Waals surface area contributed by atoms with E-state index in [0.29, 0.717) is 22.6 Å². The van der Waals surface area contributed by atoms with Crippen molar-refractivity contribution < 1.29 is 18.8 Å². The number of amides is 3. The summed E-state index contributed by atoms with van der Waals surface area (Å²) in [7, 11) is 3.34. The van der Waals surface area contributed by atoms with Crippen LogP contribution in [0.15, 0.2) is 48.5 Å². The number of carbonyl (C=O) groups excluding carboxylic acids is 3. The van der Waals surface area contributed by atoms with E-state index < -0.39 is 11.3 Å². The van der Waals surface area contributed by atoms with Gasteiger partial charge in [0.25, 0.3) is 5.91 Å². The minimum Gasteiger partial charge on any atom is -0.345 e. The monoisotopic (exact) mass is 415 g/mol. The molecule has 1 aliphatic heterocycles. The third kappa shape index (κ3) is 5.14. The van der Waals surface area contributed by atoms with Crippen LogP contribution in [0.5, 0.6) is 0 Å². The highest BCUT2D eigenvalue weighted by molar-refractivity contribution is 8.00. The lowest BCUT2D eigenvalue weighted by Crippen LogP contribution is -2.52. The lowest BCUT2D eigenvalue weighted by atomic mass is 10.1. The van der Waals surface area contributed by atoms with Gasteiger partial charge in [0.15, 0.2) is 0 Å². The van der Waals surface area contributed by atoms with Gasteiger partial charge < -0.3 is 15.5 Å². The van der Waals surface area contributed by atoms with Crippen LogP contribution < -0.4 is 10.6 Å². The van der Waals surface area contributed by atoms with E-state index in [4.69, 9.17) is 0 Å². The average Bonchev–Trinajstić information content (AvgIpc) is 2.71. The number of rotatable bonds is 5. The van der Waals surface area contributed by atoms with E-state index in [1.165, 1.54) is 22.7 Å². The fourth-order valence-corrected chi connectivity index (χ4v) is 4.11. The summed E-state index contributed by atoms with van der Waals surface area (Å²) in [5.74, 6) is -0.677. The first-order valence-electron chi connectivity index (χ1n) is 9.13. The summed E-state index contributed by atoms with van der Waals surface area (Å²) in [6.07, 6.45) is 0.277. The van der Waals surface area contributed by atoms with Gasteiger partial charge in [-0.2, -0.15) is 0 Å². The molecule has 6 nitrogen and oxygen atoms in total. The molecule has 0 aliphatic carbocycles. The molecule has 29 heavy (non-hydrogen) atoms. The minimum absolute atomic E-state index is 0.125. The van der Waals surface area contributed by atoms with E-state index in [1.807, 2.05) is 0 Å². The van der Waals surface area contributed by atoms with Crippen molar-refractivity contribution in [2.45, 2.75) is 17.7 Å². The van der Waals surface area contributed by atoms with E-state index in [1.54, 1.807) is 56.6 Å². The molecule has 3 rings (SSSR count). The summed E-state index contributed by atoms with van der Waals surface area (Å²) in [6, 6.07) is 12.3. The summed E-state index contributed by atoms with van der Waals surface area (Å²) in [5, 5.41) is 5.03. The highest BCUT2D eigenvalue weighted by Gasteiger charge is 2.32. The van der Waals surface area contributed by atoms with Crippen LogP contribution in [0.2, 0.25) is 0 Å². The quantitative estimate of drug-likeness (QED) is 0.786. The Labute approximate surface area is 172 Å². The number of nitrogens with one attached hydrogen (secondary N) is 2. The van der Waals surface area contributed by atoms with Gasteiger partial charge in [-0.25, -0.2) is 4.39 Å². The van der Waals surface area contributed by atoms with Gasteiger partial charge in [0.05, 0.1) is 5.25 Å². The standard InChI is InChI=1S/C21H22FN3O3S/c1-25(2)21(28)13-7-9-15(10-8-13)23-19(26)17-12-29-18(20(27)24-17)11-14-5-3-4-6-16(14)22/h3-10,17-18H,11-12H2,1-2H3,(H,23,26)(H,24,27)/t17-,18-/m1/s1. The van der Waals surface area contributed by atoms with Gasteiger partial charge >= 0.3 is 0 Å². The minimum atomic E-state index is -0.674. The Morgan fingerprint density at radius 2 is 1.86 bits per heavy atom. The lowest BCUT2D eigenvalue weighted by Gasteiger charge is -2.28. The number of halogens is 1. The molecule has 1 heterocycles. The number of hydrogen-bond acceptors (Lipinski definition) is 4. The smallest absolute Gasteiger partial charge is 0.253 e. The molecule has 152 valence electrons. The topological polar surface area (TPSA) is 78.5 Å². The van der Waals surface area contributed by atoms with E-state index in [-0.39, 0.29) is 30.0 Å². The molecule has 2 aromatic rings. The van der Waals surface area contributed by atoms with Crippen LogP contribution in [0.1, 0.15) is 15.9 Å². The van der Waals surface area contributed by atoms with Gasteiger partial charge in [-0.1, -0.05) is 18.2 Å². The van der Waals surface area contributed by atoms with Crippen LogP contribution >= 0.6 is 11.8 Å². The Bertz CT molecular complexity index is 918. The molecule has 2 atom stereocenters. The molecular weight excluding hydrogens is 393 g/mol. The second-order valence-electron chi connectivity index (χ2n) is 6.94. The lowest BCUT2D eigenvalue weighted by molar-refractivity contribution is -0.126. The third-order valence-corrected chi connectivity index (χ3v) is 5.87. The maximum atomic E-state index is 13.8. The van der Waals surface area contributed by atoms with Crippen molar-refractivity contribution in [1.82, 2.24) is 10.2 Å². The summed E-state index contributed by atoms with van der Waals surface area (Å²) in [5.41, 5.74) is 1.54. The van der Waals surface area contributed by atoms with E-state index in [2.05, 4.69) is 10.6 Å². The molecule has 1 saturated heterocycles. The van der Waals surface area contributed by atoms with Crippen molar-refractivity contribution in [2.75, 3.05) is 25.2 Å². The Hall–Kier alpha value is -2.87. The number of carbonyl (C=O) groups is 3. The molecule has 8 heteroatoms. The molecule has 0 aromatic heterocycles. The maximum absolute atomic E-state index is 13.8. The average molecular weight is 415 g/mol. The van der Waals surface area contributed by atoms with Crippen LogP contribution in [0.25, 0.3) is 0 Å². The summed E-state index contributed by atoms with van der Waals surface area (Å²) < 4.78 is 13.8. The van der Waals surface area contributed by atoms with Crippen molar-refractivity contribution in [2.24, 2.45) is 0 Å². The molecule has 0 spiro atoms. The zero-order chi connectivity index (χ0) is 21.0. The van der Waals surface area contributed by atoms with Crippen molar-refractivity contribution in [3.8, 4) is 0 Å². The number of hydrogen-bond donors (Lipinski definition) is 2. The van der Waals surface area contributed by atoms with Crippen molar-refractivity contribution >= 4 is 35.2 Å². The number of benzene rings is 2. The van der Waals surface area contributed by atoms with Crippen LogP contribution in [0.3, 0.4) is 0 Å². The zero-order valence-corrected chi connectivity index (χ0v) is 17.0. The van der Waals surface area contributed by atoms with Gasteiger partial charge in [-0.05, 0) is 42.3 Å². The Morgan fingerprint density at radius 3 is 2.48 bits per heavy atom. The fourth-order valence-electron chi connectivity index (χ4n) is 2.93. The molecule has 0 radical (unpaired) electrons. The first-order valence-corrected chi connectivity index (χ1v) is 10.2. The summed E-state index contributed by atoms with van der Waals surface area (Å²) in [4.78, 5) is 38.3. The Balaban J connectivity index is 1.56. The zero-order valence-electron chi connectivity index (χ0n) is 16.1. The molecule has 1 aliphatic rings. The predicted molar refractivity (Wildman–Crippen MR) is 111 cm³/mol. The largest absolute Gasteiger partial charge is 0.345 e. The highest BCUT2D eigenvalue weighted by atomic mass is 32.2. The van der Waals surface area contributed by atoms with Gasteiger partial charge in [-0.3, -0.25) is 14.4 Å². The van der Waals surface area contributed by atoms with Crippen LogP contribution in [0, 0.1) is 5.82 Å². The Kier molecular flexibility index (Phi) is 6.53. The molecule has 3 amide bonds. The van der Waals surface area contributed by atoms with Gasteiger partial charge in [0.2, 0.25) is 11.8 Å². The fraction of sp³-hybridized carbons (Fsp3) is 0.286. The van der Waals surface area contributed by atoms with Crippen molar-refractivity contribution in [3.05, 3.63) is 65.5 Å². The second-order valence-corrected chi connectivity index (χ2v) is 8.18. The third-order valence-electron chi connectivity index (χ3n) is 4.56. The first-order chi connectivity index (χ1) is 13.8. The molecule has 0 bridgehead atoms. The SMILES string of the molecule is CN(C)C(=O)c1ccc(NC(=O)[C@H]2CS[C@H](Cc3ccccc3F)C(=O)N2)cc1. The molecule has 2 N–H and O–H groups in total. The molecule has 1 fully saturated rings. The predicted octanol–water partition coefficient (Wildman–Crippen LogP) is 2.31. The number of nitrogens with zero attached hydrogens (tertiary/aromatic N) is 1. The van der Waals surface area contributed by atoms with Crippen molar-refractivity contribution in [1.29, 1.82) is 0 Å². The Morgan fingerprint density at radius 1 is 1.17 bits per heavy atom. The maximum Gasteiger partial charge on any atom is 0.253 e. The summed E-state index contributed by atoms with van der Waals surface area (Å²) in [6.45, 7) is 0. The first kappa shape index (κ1) is 20.9. The van der Waals surface area contributed by atoms with Crippen LogP contribution in [-0.4, -0.2) is 53.8 Å². The second kappa shape index (κ2) is 9.09. The number of anilines is 1. The molecule has 2 aromatic carbocycles. The van der Waals surface area contributed by atoms with Crippen LogP contribution in [0.4, 0.5) is 10.1 Å². The van der Waals surface area contributed by atoms with E-state index in [9.17, 15) is 18.8 Å². The molecule has 0 unspecified atom stereocenters.